The van der Waals surface area contributed by atoms with E-state index in [9.17, 15) is 13.2 Å². The number of nitrogens with two attached hydrogens (primary N) is 1. The lowest BCUT2D eigenvalue weighted by Gasteiger charge is -2.09. The van der Waals surface area contributed by atoms with Crippen molar-refractivity contribution < 1.29 is 13.2 Å². The third-order valence-electron chi connectivity index (χ3n) is 2.26. The lowest BCUT2D eigenvalue weighted by molar-refractivity contribution is 0.0959. The predicted molar refractivity (Wildman–Crippen MR) is 65.7 cm³/mol. The Bertz CT molecular complexity index is 476. The maximum Gasteiger partial charge on any atom is 0.180 e. The van der Waals surface area contributed by atoms with Crippen LogP contribution in [0.4, 0.5) is 0 Å². The molecular weight excluding hydrogens is 246 g/mol. The normalized spacial score (nSPS) is 13.7. The Morgan fingerprint density at radius 2 is 2.19 bits per heavy atom. The smallest absolute Gasteiger partial charge is 0.180 e. The van der Waals surface area contributed by atoms with Crippen LogP contribution in [0.2, 0.25) is 0 Å². The van der Waals surface area contributed by atoms with Gasteiger partial charge in [0.15, 0.2) is 5.78 Å². The minimum absolute atomic E-state index is 0.0525. The highest BCUT2D eigenvalue weighted by atomic mass is 32.2. The SMILES string of the molecule is Cc1sccc1C(=O)C(N)CCS(C)(=O)=O. The lowest BCUT2D eigenvalue weighted by atomic mass is 10.0. The van der Waals surface area contributed by atoms with Gasteiger partial charge in [0.1, 0.15) is 9.84 Å². The van der Waals surface area contributed by atoms with Gasteiger partial charge in [0, 0.05) is 16.7 Å². The molecule has 0 amide bonds. The van der Waals surface area contributed by atoms with E-state index in [0.29, 0.717) is 5.56 Å². The molecule has 0 bridgehead atoms. The van der Waals surface area contributed by atoms with E-state index in [1.807, 2.05) is 12.3 Å². The molecule has 0 saturated heterocycles. The average Bonchev–Trinajstić information content (AvgIpc) is 2.58. The summed E-state index contributed by atoms with van der Waals surface area (Å²) in [6.45, 7) is 1.85. The van der Waals surface area contributed by atoms with Crippen molar-refractivity contribution in [2.45, 2.75) is 19.4 Å². The second kappa shape index (κ2) is 5.07. The molecule has 0 aliphatic carbocycles. The van der Waals surface area contributed by atoms with E-state index in [1.165, 1.54) is 11.3 Å². The first kappa shape index (κ1) is 13.3. The summed E-state index contributed by atoms with van der Waals surface area (Å²) in [5.41, 5.74) is 6.28. The first-order valence-electron chi connectivity index (χ1n) is 4.83. The monoisotopic (exact) mass is 261 g/mol. The molecule has 0 aliphatic heterocycles. The van der Waals surface area contributed by atoms with Crippen molar-refractivity contribution in [3.8, 4) is 0 Å². The van der Waals surface area contributed by atoms with E-state index in [2.05, 4.69) is 0 Å². The molecule has 1 heterocycles. The summed E-state index contributed by atoms with van der Waals surface area (Å²) in [7, 11) is -3.06. The summed E-state index contributed by atoms with van der Waals surface area (Å²) in [5.74, 6) is -0.231. The second-order valence-corrected chi connectivity index (χ2v) is 7.16. The van der Waals surface area contributed by atoms with Crippen LogP contribution < -0.4 is 5.73 Å². The fourth-order valence-electron chi connectivity index (χ4n) is 1.31. The van der Waals surface area contributed by atoms with Crippen LogP contribution >= 0.6 is 11.3 Å². The number of sulfone groups is 1. The third-order valence-corrected chi connectivity index (χ3v) is 4.08. The molecule has 0 aromatic carbocycles. The quantitative estimate of drug-likeness (QED) is 0.802. The van der Waals surface area contributed by atoms with Crippen LogP contribution in [0, 0.1) is 6.92 Å². The van der Waals surface area contributed by atoms with Crippen LogP contribution in [0.15, 0.2) is 11.4 Å². The molecule has 6 heteroatoms. The Labute approximate surface area is 99.4 Å². The van der Waals surface area contributed by atoms with Crippen molar-refractivity contribution in [1.29, 1.82) is 0 Å². The Hall–Kier alpha value is -0.720. The lowest BCUT2D eigenvalue weighted by Crippen LogP contribution is -2.32. The number of rotatable bonds is 5. The maximum absolute atomic E-state index is 11.8. The average molecular weight is 261 g/mol. The largest absolute Gasteiger partial charge is 0.321 e. The van der Waals surface area contributed by atoms with Gasteiger partial charge in [-0.15, -0.1) is 11.3 Å². The summed E-state index contributed by atoms with van der Waals surface area (Å²) >= 11 is 1.48. The molecule has 2 N–H and O–H groups in total. The highest BCUT2D eigenvalue weighted by Crippen LogP contribution is 2.17. The van der Waals surface area contributed by atoms with E-state index < -0.39 is 15.9 Å². The third kappa shape index (κ3) is 3.70. The Kier molecular flexibility index (Phi) is 4.23. The molecule has 0 spiro atoms. The van der Waals surface area contributed by atoms with Gasteiger partial charge in [0.05, 0.1) is 11.8 Å². The number of aryl methyl sites for hydroxylation is 1. The Morgan fingerprint density at radius 1 is 1.56 bits per heavy atom. The van der Waals surface area contributed by atoms with Crippen LogP contribution in [0.5, 0.6) is 0 Å². The standard InChI is InChI=1S/C10H15NO3S2/c1-7-8(3-5-15-7)10(12)9(11)4-6-16(2,13)14/h3,5,9H,4,6,11H2,1-2H3. The zero-order chi connectivity index (χ0) is 12.3. The molecule has 0 saturated carbocycles. The fraction of sp³-hybridized carbons (Fsp3) is 0.500. The fourth-order valence-corrected chi connectivity index (χ4v) is 2.70. The van der Waals surface area contributed by atoms with Crippen LogP contribution in [0.3, 0.4) is 0 Å². The van der Waals surface area contributed by atoms with Crippen molar-refractivity contribution in [3.63, 3.8) is 0 Å². The van der Waals surface area contributed by atoms with Crippen LogP contribution in [0.25, 0.3) is 0 Å². The number of Topliss-reactive ketones (excluding diaryl/α,β-unsaturated/α-hetero) is 1. The van der Waals surface area contributed by atoms with Gasteiger partial charge in [-0.1, -0.05) is 0 Å². The van der Waals surface area contributed by atoms with Crippen molar-refractivity contribution in [1.82, 2.24) is 0 Å². The van der Waals surface area contributed by atoms with Gasteiger partial charge in [-0.3, -0.25) is 4.79 Å². The molecule has 1 aromatic rings. The first-order chi connectivity index (χ1) is 7.31. The minimum Gasteiger partial charge on any atom is -0.321 e. The van der Waals surface area contributed by atoms with Gasteiger partial charge in [0.25, 0.3) is 0 Å². The van der Waals surface area contributed by atoms with E-state index >= 15 is 0 Å². The summed E-state index contributed by atoms with van der Waals surface area (Å²) in [4.78, 5) is 12.7. The molecule has 16 heavy (non-hydrogen) atoms. The number of hydrogen-bond acceptors (Lipinski definition) is 5. The molecule has 0 radical (unpaired) electrons. The molecule has 1 atom stereocenters. The predicted octanol–water partition coefficient (Wildman–Crippen LogP) is 1.00. The molecule has 90 valence electrons. The van der Waals surface area contributed by atoms with Crippen LogP contribution in [-0.4, -0.2) is 32.3 Å². The molecule has 1 rings (SSSR count). The van der Waals surface area contributed by atoms with Gasteiger partial charge < -0.3 is 5.73 Å². The summed E-state index contributed by atoms with van der Waals surface area (Å²) < 4.78 is 21.9. The first-order valence-corrected chi connectivity index (χ1v) is 7.77. The zero-order valence-corrected chi connectivity index (χ0v) is 10.9. The van der Waals surface area contributed by atoms with Crippen LogP contribution in [0.1, 0.15) is 21.7 Å². The topological polar surface area (TPSA) is 77.2 Å². The summed E-state index contributed by atoms with van der Waals surface area (Å²) in [5, 5.41) is 1.83. The Morgan fingerprint density at radius 3 is 2.62 bits per heavy atom. The molecule has 0 aliphatic rings. The molecule has 1 unspecified atom stereocenters. The van der Waals surface area contributed by atoms with Crippen molar-refractivity contribution in [3.05, 3.63) is 21.9 Å². The molecule has 4 nitrogen and oxygen atoms in total. The number of carbonyl (C=O) groups excluding carboxylic acids is 1. The van der Waals surface area contributed by atoms with E-state index in [-0.39, 0.29) is 18.0 Å². The second-order valence-electron chi connectivity index (χ2n) is 3.78. The van der Waals surface area contributed by atoms with Crippen LogP contribution in [-0.2, 0) is 9.84 Å². The van der Waals surface area contributed by atoms with Crippen molar-refractivity contribution in [2.75, 3.05) is 12.0 Å². The summed E-state index contributed by atoms with van der Waals surface area (Å²) in [6, 6.07) is 0.992. The van der Waals surface area contributed by atoms with Crippen molar-refractivity contribution in [2.24, 2.45) is 5.73 Å². The number of hydrogen-bond donors (Lipinski definition) is 1. The van der Waals surface area contributed by atoms with Gasteiger partial charge >= 0.3 is 0 Å². The Balaban J connectivity index is 2.66. The molecule has 1 aromatic heterocycles. The van der Waals surface area contributed by atoms with Gasteiger partial charge in [-0.25, -0.2) is 8.42 Å². The minimum atomic E-state index is -3.06. The van der Waals surface area contributed by atoms with Gasteiger partial charge in [-0.2, -0.15) is 0 Å². The highest BCUT2D eigenvalue weighted by Gasteiger charge is 2.19. The van der Waals surface area contributed by atoms with Gasteiger partial charge in [0.2, 0.25) is 0 Å². The van der Waals surface area contributed by atoms with E-state index in [0.717, 1.165) is 11.1 Å². The maximum atomic E-state index is 11.8. The highest BCUT2D eigenvalue weighted by molar-refractivity contribution is 7.90. The van der Waals surface area contributed by atoms with E-state index in [4.69, 9.17) is 5.73 Å². The molecular formula is C10H15NO3S2. The number of carbonyl (C=O) groups is 1. The number of thiophene rings is 1. The summed E-state index contributed by atoms with van der Waals surface area (Å²) in [6.07, 6.45) is 1.31. The van der Waals surface area contributed by atoms with Crippen molar-refractivity contribution >= 4 is 27.0 Å². The van der Waals surface area contributed by atoms with Gasteiger partial charge in [-0.05, 0) is 24.8 Å². The molecule has 0 fully saturated rings. The zero-order valence-electron chi connectivity index (χ0n) is 9.26. The number of ketones is 1. The van der Waals surface area contributed by atoms with E-state index in [1.54, 1.807) is 6.07 Å².